The summed E-state index contributed by atoms with van der Waals surface area (Å²) in [5.41, 5.74) is 0.719. The van der Waals surface area contributed by atoms with Crippen molar-refractivity contribution < 1.29 is 17.9 Å². The van der Waals surface area contributed by atoms with Gasteiger partial charge in [0.15, 0.2) is 0 Å². The lowest BCUT2D eigenvalue weighted by molar-refractivity contribution is 0.0733. The first-order chi connectivity index (χ1) is 13.8. The summed E-state index contributed by atoms with van der Waals surface area (Å²) in [6, 6.07) is 7.84. The van der Waals surface area contributed by atoms with Crippen molar-refractivity contribution in [3.05, 3.63) is 29.8 Å². The number of likely N-dealkylation sites (tertiary alicyclic amines) is 1. The average Bonchev–Trinajstić information content (AvgIpc) is 3.01. The maximum absolute atomic E-state index is 12.9. The normalized spacial score (nSPS) is 26.1. The molecule has 1 aliphatic carbocycles. The molecule has 160 valence electrons. The minimum Gasteiger partial charge on any atom is -0.490 e. The number of rotatable bonds is 5. The number of nitrogens with zero attached hydrogens (tertiary/aromatic N) is 3. The van der Waals surface area contributed by atoms with Crippen LogP contribution in [0, 0.1) is 5.92 Å². The molecule has 2 aliphatic heterocycles. The third-order valence-corrected chi connectivity index (χ3v) is 8.44. The van der Waals surface area contributed by atoms with E-state index in [9.17, 15) is 13.2 Å². The molecule has 2 heterocycles. The van der Waals surface area contributed by atoms with Crippen LogP contribution < -0.4 is 4.74 Å². The number of carbonyl (C=O) groups is 1. The van der Waals surface area contributed by atoms with Gasteiger partial charge < -0.3 is 9.64 Å². The first-order valence-electron chi connectivity index (χ1n) is 10.6. The Kier molecular flexibility index (Phi) is 5.86. The van der Waals surface area contributed by atoms with Gasteiger partial charge in [0.2, 0.25) is 0 Å². The molecule has 0 aromatic heterocycles. The van der Waals surface area contributed by atoms with Gasteiger partial charge in [-0.1, -0.05) is 6.42 Å². The third-order valence-electron chi connectivity index (χ3n) is 6.50. The van der Waals surface area contributed by atoms with E-state index in [4.69, 9.17) is 4.74 Å². The largest absolute Gasteiger partial charge is 0.490 e. The Morgan fingerprint density at radius 3 is 2.38 bits per heavy atom. The maximum atomic E-state index is 12.9. The fraction of sp³-hybridized carbons (Fsp3) is 0.667. The van der Waals surface area contributed by atoms with Crippen molar-refractivity contribution in [2.75, 3.05) is 33.7 Å². The number of hydrogen-bond acceptors (Lipinski definition) is 4. The number of ether oxygens (including phenoxy) is 1. The molecule has 1 aromatic carbocycles. The summed E-state index contributed by atoms with van der Waals surface area (Å²) in [7, 11) is -0.254. The standard InChI is InChI=1S/C21H31N3O4S/c1-22(2)29(26,27)23-12-10-20(11-13-23)28-19-8-6-17(7-9-19)21(25)24-15-16-4-3-5-18(24)14-16/h6-9,16,18,20H,3-5,10-15H2,1-2H3/t16-,18+/m1/s1. The molecule has 8 heteroatoms. The Morgan fingerprint density at radius 1 is 1.07 bits per heavy atom. The van der Waals surface area contributed by atoms with Gasteiger partial charge >= 0.3 is 0 Å². The highest BCUT2D eigenvalue weighted by Crippen LogP contribution is 2.36. The minimum atomic E-state index is -3.36. The second kappa shape index (κ2) is 8.24. The third kappa shape index (κ3) is 4.29. The molecule has 0 unspecified atom stereocenters. The fourth-order valence-corrected chi connectivity index (χ4v) is 5.97. The van der Waals surface area contributed by atoms with Crippen LogP contribution in [0.1, 0.15) is 48.9 Å². The zero-order valence-corrected chi connectivity index (χ0v) is 18.1. The summed E-state index contributed by atoms with van der Waals surface area (Å²) < 4.78 is 33.2. The molecule has 7 nitrogen and oxygen atoms in total. The van der Waals surface area contributed by atoms with Gasteiger partial charge in [0.05, 0.1) is 0 Å². The van der Waals surface area contributed by atoms with Crippen molar-refractivity contribution in [3.8, 4) is 5.75 Å². The van der Waals surface area contributed by atoms with E-state index in [2.05, 4.69) is 4.90 Å². The summed E-state index contributed by atoms with van der Waals surface area (Å²) in [5, 5.41) is 0. The Hall–Kier alpha value is -1.64. The van der Waals surface area contributed by atoms with E-state index < -0.39 is 10.2 Å². The molecule has 1 amide bonds. The minimum absolute atomic E-state index is 0.0111. The molecule has 2 saturated heterocycles. The SMILES string of the molecule is CN(C)S(=O)(=O)N1CCC(Oc2ccc(C(=O)N3C[C@@H]4CCC[C@H]3C4)cc2)CC1. The number of hydrogen-bond donors (Lipinski definition) is 0. The molecule has 2 atom stereocenters. The van der Waals surface area contributed by atoms with E-state index in [0.29, 0.717) is 37.9 Å². The van der Waals surface area contributed by atoms with E-state index in [1.165, 1.54) is 21.5 Å². The van der Waals surface area contributed by atoms with Gasteiger partial charge in [-0.2, -0.15) is 17.0 Å². The maximum Gasteiger partial charge on any atom is 0.281 e. The van der Waals surface area contributed by atoms with E-state index in [1.807, 2.05) is 24.3 Å². The van der Waals surface area contributed by atoms with Crippen LogP contribution in [0.5, 0.6) is 5.75 Å². The molecule has 0 N–H and O–H groups in total. The van der Waals surface area contributed by atoms with Crippen LogP contribution >= 0.6 is 0 Å². The Labute approximate surface area is 173 Å². The molecule has 29 heavy (non-hydrogen) atoms. The van der Waals surface area contributed by atoms with Crippen molar-refractivity contribution in [3.63, 3.8) is 0 Å². The summed E-state index contributed by atoms with van der Waals surface area (Å²) in [5.74, 6) is 1.55. The molecule has 3 aliphatic rings. The van der Waals surface area contributed by atoms with E-state index in [-0.39, 0.29) is 12.0 Å². The molecule has 1 aromatic rings. The smallest absolute Gasteiger partial charge is 0.281 e. The van der Waals surface area contributed by atoms with E-state index in [0.717, 1.165) is 30.7 Å². The van der Waals surface area contributed by atoms with Gasteiger partial charge in [-0.3, -0.25) is 4.79 Å². The number of amides is 1. The predicted octanol–water partition coefficient (Wildman–Crippen LogP) is 2.35. The Morgan fingerprint density at radius 2 is 1.76 bits per heavy atom. The molecule has 2 bridgehead atoms. The van der Waals surface area contributed by atoms with Crippen molar-refractivity contribution in [2.24, 2.45) is 5.92 Å². The molecule has 4 rings (SSSR count). The van der Waals surface area contributed by atoms with Crippen molar-refractivity contribution >= 4 is 16.1 Å². The highest BCUT2D eigenvalue weighted by atomic mass is 32.2. The van der Waals surface area contributed by atoms with E-state index in [1.54, 1.807) is 14.1 Å². The molecule has 0 spiro atoms. The van der Waals surface area contributed by atoms with Gasteiger partial charge in [-0.05, 0) is 62.3 Å². The summed E-state index contributed by atoms with van der Waals surface area (Å²) >= 11 is 0. The van der Waals surface area contributed by atoms with Crippen LogP contribution in [-0.4, -0.2) is 73.7 Å². The topological polar surface area (TPSA) is 70.2 Å². The van der Waals surface area contributed by atoms with Crippen LogP contribution in [0.15, 0.2) is 24.3 Å². The molecular formula is C21H31N3O4S. The highest BCUT2D eigenvalue weighted by Gasteiger charge is 2.38. The van der Waals surface area contributed by atoms with Gasteiger partial charge in [0.25, 0.3) is 16.1 Å². The fourth-order valence-electron chi connectivity index (χ4n) is 4.83. The summed E-state index contributed by atoms with van der Waals surface area (Å²) in [4.78, 5) is 15.0. The first kappa shape index (κ1) is 20.6. The summed E-state index contributed by atoms with van der Waals surface area (Å²) in [6.45, 7) is 1.81. The van der Waals surface area contributed by atoms with Crippen LogP contribution in [0.3, 0.4) is 0 Å². The van der Waals surface area contributed by atoms with Gasteiger partial charge in [-0.25, -0.2) is 0 Å². The monoisotopic (exact) mass is 421 g/mol. The van der Waals surface area contributed by atoms with Crippen molar-refractivity contribution in [2.45, 2.75) is 50.7 Å². The average molecular weight is 422 g/mol. The molecule has 0 radical (unpaired) electrons. The zero-order valence-electron chi connectivity index (χ0n) is 17.3. The Bertz CT molecular complexity index is 832. The van der Waals surface area contributed by atoms with Crippen LogP contribution in [0.25, 0.3) is 0 Å². The molecule has 3 fully saturated rings. The predicted molar refractivity (Wildman–Crippen MR) is 111 cm³/mol. The zero-order chi connectivity index (χ0) is 20.6. The second-order valence-electron chi connectivity index (χ2n) is 8.67. The first-order valence-corrected chi connectivity index (χ1v) is 12.0. The van der Waals surface area contributed by atoms with Crippen LogP contribution in [-0.2, 0) is 10.2 Å². The lowest BCUT2D eigenvalue weighted by Crippen LogP contribution is -2.46. The van der Waals surface area contributed by atoms with Crippen LogP contribution in [0.2, 0.25) is 0 Å². The number of benzene rings is 1. The van der Waals surface area contributed by atoms with Crippen molar-refractivity contribution in [1.29, 1.82) is 0 Å². The van der Waals surface area contributed by atoms with Gasteiger partial charge in [0.1, 0.15) is 11.9 Å². The molecule has 1 saturated carbocycles. The second-order valence-corrected chi connectivity index (χ2v) is 10.8. The Balaban J connectivity index is 1.32. The number of piperidine rings is 1. The molecular weight excluding hydrogens is 390 g/mol. The lowest BCUT2D eigenvalue weighted by atomic mass is 9.90. The quantitative estimate of drug-likeness (QED) is 0.732. The van der Waals surface area contributed by atoms with Gasteiger partial charge in [0, 0.05) is 45.3 Å². The van der Waals surface area contributed by atoms with Gasteiger partial charge in [-0.15, -0.1) is 0 Å². The number of fused-ring (bicyclic) bond motifs is 2. The van der Waals surface area contributed by atoms with Crippen molar-refractivity contribution in [1.82, 2.24) is 13.5 Å². The van der Waals surface area contributed by atoms with Crippen LogP contribution in [0.4, 0.5) is 0 Å². The summed E-state index contributed by atoms with van der Waals surface area (Å²) in [6.07, 6.45) is 6.08. The lowest BCUT2D eigenvalue weighted by Gasteiger charge is -2.32. The van der Waals surface area contributed by atoms with E-state index >= 15 is 0 Å². The number of carbonyl (C=O) groups excluding carboxylic acids is 1. The highest BCUT2D eigenvalue weighted by molar-refractivity contribution is 7.86.